The third-order valence-electron chi connectivity index (χ3n) is 2.46. The number of hydrogen-bond donors (Lipinski definition) is 1. The number of nitrogens with one attached hydrogen (secondary N) is 1. The molecule has 0 heterocycles. The van der Waals surface area contributed by atoms with Crippen LogP contribution in [0.25, 0.3) is 0 Å². The zero-order chi connectivity index (χ0) is 12.9. The van der Waals surface area contributed by atoms with Crippen molar-refractivity contribution in [1.82, 2.24) is 5.32 Å². The molecule has 1 N–H and O–H groups in total. The molecule has 0 unspecified atom stereocenters. The standard InChI is InChI=1S/C12H15ClF3N/c1-9(10-5-2-3-6-11(10)13)17-8-4-7-12(14,15)16/h2-3,5-6,9,17H,4,7-8H2,1H3/t9-/m0/s1. The van der Waals surface area contributed by atoms with Crippen LogP contribution >= 0.6 is 11.6 Å². The Hall–Kier alpha value is -0.740. The van der Waals surface area contributed by atoms with Crippen molar-refractivity contribution in [3.8, 4) is 0 Å². The highest BCUT2D eigenvalue weighted by atomic mass is 35.5. The van der Waals surface area contributed by atoms with E-state index in [4.69, 9.17) is 11.6 Å². The van der Waals surface area contributed by atoms with Crippen LogP contribution in [0.5, 0.6) is 0 Å². The summed E-state index contributed by atoms with van der Waals surface area (Å²) in [6, 6.07) is 7.27. The molecule has 0 aliphatic carbocycles. The van der Waals surface area contributed by atoms with Crippen molar-refractivity contribution in [1.29, 1.82) is 0 Å². The molecule has 0 amide bonds. The minimum absolute atomic E-state index is 0.0445. The Bertz CT molecular complexity index is 352. The summed E-state index contributed by atoms with van der Waals surface area (Å²) in [6.07, 6.45) is -4.75. The Kier molecular flexibility index (Phi) is 5.28. The molecule has 0 saturated heterocycles. The van der Waals surface area contributed by atoms with Gasteiger partial charge in [-0.25, -0.2) is 0 Å². The van der Waals surface area contributed by atoms with Gasteiger partial charge in [-0.1, -0.05) is 29.8 Å². The van der Waals surface area contributed by atoms with Crippen molar-refractivity contribution in [3.63, 3.8) is 0 Å². The third kappa shape index (κ3) is 5.41. The fraction of sp³-hybridized carbons (Fsp3) is 0.500. The van der Waals surface area contributed by atoms with Crippen LogP contribution in [0.3, 0.4) is 0 Å². The van der Waals surface area contributed by atoms with E-state index in [9.17, 15) is 13.2 Å². The average molecular weight is 266 g/mol. The lowest BCUT2D eigenvalue weighted by molar-refractivity contribution is -0.135. The predicted molar refractivity (Wildman–Crippen MR) is 63.2 cm³/mol. The molecule has 0 aromatic heterocycles. The van der Waals surface area contributed by atoms with Crippen LogP contribution in [0.15, 0.2) is 24.3 Å². The quantitative estimate of drug-likeness (QED) is 0.781. The van der Waals surface area contributed by atoms with Crippen molar-refractivity contribution >= 4 is 11.6 Å². The molecule has 96 valence electrons. The molecule has 5 heteroatoms. The summed E-state index contributed by atoms with van der Waals surface area (Å²) in [5, 5.41) is 3.66. The van der Waals surface area contributed by atoms with E-state index in [1.807, 2.05) is 25.1 Å². The Morgan fingerprint density at radius 2 is 1.94 bits per heavy atom. The lowest BCUT2D eigenvalue weighted by Crippen LogP contribution is -2.21. The van der Waals surface area contributed by atoms with Gasteiger partial charge in [0.1, 0.15) is 0 Å². The monoisotopic (exact) mass is 265 g/mol. The Morgan fingerprint density at radius 3 is 2.53 bits per heavy atom. The third-order valence-corrected chi connectivity index (χ3v) is 2.80. The van der Waals surface area contributed by atoms with Gasteiger partial charge in [-0.2, -0.15) is 13.2 Å². The zero-order valence-electron chi connectivity index (χ0n) is 9.52. The number of benzene rings is 1. The molecule has 1 aromatic rings. The van der Waals surface area contributed by atoms with Crippen molar-refractivity contribution < 1.29 is 13.2 Å². The summed E-state index contributed by atoms with van der Waals surface area (Å²) in [4.78, 5) is 0. The van der Waals surface area contributed by atoms with Gasteiger partial charge in [0.15, 0.2) is 0 Å². The highest BCUT2D eigenvalue weighted by molar-refractivity contribution is 6.31. The van der Waals surface area contributed by atoms with Gasteiger partial charge in [0, 0.05) is 17.5 Å². The van der Waals surface area contributed by atoms with Crippen LogP contribution in [0.4, 0.5) is 13.2 Å². The molecule has 0 aliphatic rings. The van der Waals surface area contributed by atoms with E-state index in [2.05, 4.69) is 5.32 Å². The summed E-state index contributed by atoms with van der Waals surface area (Å²) in [7, 11) is 0. The normalized spacial score (nSPS) is 13.7. The lowest BCUT2D eigenvalue weighted by Gasteiger charge is -2.15. The van der Waals surface area contributed by atoms with Gasteiger partial charge >= 0.3 is 6.18 Å². The van der Waals surface area contributed by atoms with E-state index in [-0.39, 0.29) is 12.5 Å². The molecular formula is C12H15ClF3N. The summed E-state index contributed by atoms with van der Waals surface area (Å²) >= 11 is 5.98. The van der Waals surface area contributed by atoms with Gasteiger partial charge in [0.05, 0.1) is 0 Å². The second-order valence-corrected chi connectivity index (χ2v) is 4.32. The van der Waals surface area contributed by atoms with Crippen molar-refractivity contribution in [3.05, 3.63) is 34.9 Å². The van der Waals surface area contributed by atoms with Crippen LogP contribution in [0.2, 0.25) is 5.02 Å². The van der Waals surface area contributed by atoms with Crippen molar-refractivity contribution in [2.45, 2.75) is 32.0 Å². The average Bonchev–Trinajstić information content (AvgIpc) is 2.23. The fourth-order valence-corrected chi connectivity index (χ4v) is 1.84. The van der Waals surface area contributed by atoms with Crippen molar-refractivity contribution in [2.24, 2.45) is 0 Å². The first-order chi connectivity index (χ1) is 7.90. The molecule has 1 aromatic carbocycles. The number of alkyl halides is 3. The van der Waals surface area contributed by atoms with Gasteiger partial charge in [0.25, 0.3) is 0 Å². The molecule has 1 atom stereocenters. The largest absolute Gasteiger partial charge is 0.389 e. The number of rotatable bonds is 5. The Labute approximate surface area is 104 Å². The van der Waals surface area contributed by atoms with Gasteiger partial charge < -0.3 is 5.32 Å². The topological polar surface area (TPSA) is 12.0 Å². The van der Waals surface area contributed by atoms with Gasteiger partial charge in [-0.3, -0.25) is 0 Å². The molecule has 1 nitrogen and oxygen atoms in total. The van der Waals surface area contributed by atoms with Crippen molar-refractivity contribution in [2.75, 3.05) is 6.54 Å². The molecule has 0 fully saturated rings. The second-order valence-electron chi connectivity index (χ2n) is 3.92. The lowest BCUT2D eigenvalue weighted by atomic mass is 10.1. The van der Waals surface area contributed by atoms with E-state index in [0.717, 1.165) is 5.56 Å². The molecule has 0 spiro atoms. The molecule has 17 heavy (non-hydrogen) atoms. The van der Waals surface area contributed by atoms with E-state index >= 15 is 0 Å². The maximum Gasteiger partial charge on any atom is 0.389 e. The first-order valence-electron chi connectivity index (χ1n) is 5.45. The summed E-state index contributed by atoms with van der Waals surface area (Å²) in [5.74, 6) is 0. The van der Waals surface area contributed by atoms with Crippen LogP contribution < -0.4 is 5.32 Å². The molecular weight excluding hydrogens is 251 g/mol. The first kappa shape index (κ1) is 14.3. The maximum absolute atomic E-state index is 11.9. The van der Waals surface area contributed by atoms with Crippen LogP contribution in [0, 0.1) is 0 Å². The summed E-state index contributed by atoms with van der Waals surface area (Å²) in [5.41, 5.74) is 0.904. The van der Waals surface area contributed by atoms with E-state index in [1.54, 1.807) is 6.07 Å². The van der Waals surface area contributed by atoms with Gasteiger partial charge in [0.2, 0.25) is 0 Å². The molecule has 0 radical (unpaired) electrons. The van der Waals surface area contributed by atoms with Crippen LogP contribution in [0.1, 0.15) is 31.4 Å². The zero-order valence-corrected chi connectivity index (χ0v) is 10.3. The minimum atomic E-state index is -4.07. The Balaban J connectivity index is 2.36. The van der Waals surface area contributed by atoms with E-state index in [1.165, 1.54) is 0 Å². The Morgan fingerprint density at radius 1 is 1.29 bits per heavy atom. The second kappa shape index (κ2) is 6.26. The number of halogens is 4. The van der Waals surface area contributed by atoms with E-state index in [0.29, 0.717) is 11.6 Å². The molecule has 0 aliphatic heterocycles. The molecule has 0 bridgehead atoms. The summed E-state index contributed by atoms with van der Waals surface area (Å²) in [6.45, 7) is 2.21. The van der Waals surface area contributed by atoms with Gasteiger partial charge in [-0.15, -0.1) is 0 Å². The number of hydrogen-bond acceptors (Lipinski definition) is 1. The van der Waals surface area contributed by atoms with Crippen LogP contribution in [-0.2, 0) is 0 Å². The maximum atomic E-state index is 11.9. The first-order valence-corrected chi connectivity index (χ1v) is 5.82. The highest BCUT2D eigenvalue weighted by Crippen LogP contribution is 2.23. The molecule has 1 rings (SSSR count). The smallest absolute Gasteiger partial charge is 0.310 e. The predicted octanol–water partition coefficient (Wildman–Crippen LogP) is 4.33. The summed E-state index contributed by atoms with van der Waals surface area (Å²) < 4.78 is 35.8. The van der Waals surface area contributed by atoms with E-state index < -0.39 is 12.6 Å². The minimum Gasteiger partial charge on any atom is -0.310 e. The SMILES string of the molecule is C[C@H](NCCCC(F)(F)F)c1ccccc1Cl. The van der Waals surface area contributed by atoms with Gasteiger partial charge in [-0.05, 0) is 31.5 Å². The highest BCUT2D eigenvalue weighted by Gasteiger charge is 2.25. The van der Waals surface area contributed by atoms with Crippen LogP contribution in [-0.4, -0.2) is 12.7 Å². The molecule has 0 saturated carbocycles. The fourth-order valence-electron chi connectivity index (χ4n) is 1.54.